The molecule has 0 aliphatic rings. The van der Waals surface area contributed by atoms with Crippen LogP contribution in [0.25, 0.3) is 22.3 Å². The Labute approximate surface area is 202 Å². The van der Waals surface area contributed by atoms with Gasteiger partial charge in [0.1, 0.15) is 17.1 Å². The summed E-state index contributed by atoms with van der Waals surface area (Å²) in [4.78, 5) is 45.4. The molecule has 0 saturated carbocycles. The summed E-state index contributed by atoms with van der Waals surface area (Å²) in [6.07, 6.45) is 1.47. The number of aromatic nitrogens is 4. The molecule has 0 atom stereocenters. The third kappa shape index (κ3) is 5.18. The highest BCUT2D eigenvalue weighted by Gasteiger charge is 2.16. The number of hydrogen-bond donors (Lipinski definition) is 2. The predicted molar refractivity (Wildman–Crippen MR) is 136 cm³/mol. The molecule has 0 fully saturated rings. The minimum Gasteiger partial charge on any atom is -0.484 e. The summed E-state index contributed by atoms with van der Waals surface area (Å²) in [6, 6.07) is 14.4. The fourth-order valence-electron chi connectivity index (χ4n) is 3.98. The zero-order chi connectivity index (χ0) is 24.9. The number of benzene rings is 1. The van der Waals surface area contributed by atoms with E-state index in [4.69, 9.17) is 4.74 Å². The summed E-state index contributed by atoms with van der Waals surface area (Å²) in [5, 5.41) is 2.70. The number of nitrogens with zero attached hydrogens (tertiary/aromatic N) is 3. The first-order chi connectivity index (χ1) is 16.9. The number of aromatic amines is 1. The third-order valence-electron chi connectivity index (χ3n) is 5.59. The number of hydrogen-bond acceptors (Lipinski definition) is 5. The van der Waals surface area contributed by atoms with Crippen molar-refractivity contribution in [1.29, 1.82) is 0 Å². The predicted octanol–water partition coefficient (Wildman–Crippen LogP) is 3.70. The van der Waals surface area contributed by atoms with Crippen LogP contribution < -0.4 is 21.3 Å². The van der Waals surface area contributed by atoms with Crippen LogP contribution >= 0.6 is 0 Å². The third-order valence-corrected chi connectivity index (χ3v) is 5.59. The first-order valence-electron chi connectivity index (χ1n) is 11.7. The van der Waals surface area contributed by atoms with Gasteiger partial charge in [-0.2, -0.15) is 0 Å². The summed E-state index contributed by atoms with van der Waals surface area (Å²) in [6.45, 7) is 6.55. The van der Waals surface area contributed by atoms with Gasteiger partial charge < -0.3 is 15.0 Å². The maximum atomic E-state index is 12.9. The lowest BCUT2D eigenvalue weighted by molar-refractivity contribution is -0.118. The molecule has 0 aliphatic heterocycles. The maximum Gasteiger partial charge on any atom is 0.331 e. The van der Waals surface area contributed by atoms with Gasteiger partial charge in [-0.05, 0) is 67.8 Å². The normalized spacial score (nSPS) is 11.1. The number of rotatable bonds is 9. The van der Waals surface area contributed by atoms with Crippen LogP contribution in [-0.4, -0.2) is 31.6 Å². The molecule has 0 unspecified atom stereocenters. The van der Waals surface area contributed by atoms with Crippen molar-refractivity contribution in [2.45, 2.75) is 46.7 Å². The smallest absolute Gasteiger partial charge is 0.331 e. The molecule has 3 aromatic heterocycles. The Kier molecular flexibility index (Phi) is 7.14. The van der Waals surface area contributed by atoms with Crippen molar-refractivity contribution in [3.63, 3.8) is 0 Å². The van der Waals surface area contributed by atoms with Crippen LogP contribution in [0.1, 0.15) is 32.4 Å². The van der Waals surface area contributed by atoms with Gasteiger partial charge in [-0.1, -0.05) is 19.9 Å². The van der Waals surface area contributed by atoms with Gasteiger partial charge in [0.05, 0.1) is 5.52 Å². The molecule has 0 aliphatic carbocycles. The lowest BCUT2D eigenvalue weighted by Gasteiger charge is -2.10. The van der Waals surface area contributed by atoms with E-state index in [1.807, 2.05) is 51.1 Å². The highest BCUT2D eigenvalue weighted by molar-refractivity contribution is 5.91. The van der Waals surface area contributed by atoms with E-state index in [9.17, 15) is 14.4 Å². The number of carbonyl (C=O) groups is 1. The molecule has 1 aromatic carbocycles. The average molecular weight is 476 g/mol. The van der Waals surface area contributed by atoms with Crippen LogP contribution in [0.2, 0.25) is 0 Å². The van der Waals surface area contributed by atoms with Gasteiger partial charge in [-0.25, -0.2) is 9.78 Å². The first kappa shape index (κ1) is 24.0. The molecule has 2 N–H and O–H groups in total. The second-order valence-corrected chi connectivity index (χ2v) is 8.36. The molecule has 9 nitrogen and oxygen atoms in total. The van der Waals surface area contributed by atoms with Crippen molar-refractivity contribution in [2.24, 2.45) is 0 Å². The quantitative estimate of drug-likeness (QED) is 0.383. The summed E-state index contributed by atoms with van der Waals surface area (Å²) in [5.74, 6) is 0.706. The molecule has 0 spiro atoms. The number of carbonyl (C=O) groups excluding carboxylic acids is 1. The Hall–Kier alpha value is -4.14. The molecule has 182 valence electrons. The molecule has 0 radical (unpaired) electrons. The number of pyridine rings is 1. The number of aryl methyl sites for hydroxylation is 2. The zero-order valence-electron chi connectivity index (χ0n) is 20.1. The van der Waals surface area contributed by atoms with E-state index in [1.165, 1.54) is 4.57 Å². The van der Waals surface area contributed by atoms with Gasteiger partial charge in [0.25, 0.3) is 11.5 Å². The van der Waals surface area contributed by atoms with E-state index in [0.29, 0.717) is 42.1 Å². The van der Waals surface area contributed by atoms with E-state index in [1.54, 1.807) is 22.8 Å². The second-order valence-electron chi connectivity index (χ2n) is 8.36. The number of H-pyrrole nitrogens is 1. The van der Waals surface area contributed by atoms with Crippen molar-refractivity contribution in [3.05, 3.63) is 75.1 Å². The lowest BCUT2D eigenvalue weighted by atomic mass is 10.1. The van der Waals surface area contributed by atoms with Crippen molar-refractivity contribution in [3.8, 4) is 17.0 Å². The topological polar surface area (TPSA) is 111 Å². The van der Waals surface area contributed by atoms with Gasteiger partial charge in [0, 0.05) is 24.5 Å². The first-order valence-corrected chi connectivity index (χ1v) is 11.7. The second kappa shape index (κ2) is 10.4. The number of amides is 1. The van der Waals surface area contributed by atoms with Crippen LogP contribution in [0.4, 0.5) is 5.82 Å². The van der Waals surface area contributed by atoms with E-state index in [-0.39, 0.29) is 23.8 Å². The maximum absolute atomic E-state index is 12.9. The van der Waals surface area contributed by atoms with Crippen molar-refractivity contribution < 1.29 is 9.53 Å². The van der Waals surface area contributed by atoms with Crippen molar-refractivity contribution in [2.75, 3.05) is 11.9 Å². The molecule has 3 heterocycles. The summed E-state index contributed by atoms with van der Waals surface area (Å²) >= 11 is 0. The van der Waals surface area contributed by atoms with Gasteiger partial charge in [-0.3, -0.25) is 18.7 Å². The minimum absolute atomic E-state index is 0.151. The van der Waals surface area contributed by atoms with E-state index >= 15 is 0 Å². The molecule has 9 heteroatoms. The van der Waals surface area contributed by atoms with Crippen LogP contribution in [0.3, 0.4) is 0 Å². The molecule has 1 amide bonds. The van der Waals surface area contributed by atoms with Crippen LogP contribution in [0.5, 0.6) is 5.75 Å². The molecular weight excluding hydrogens is 446 g/mol. The van der Waals surface area contributed by atoms with Crippen LogP contribution in [0.15, 0.2) is 58.1 Å². The Morgan fingerprint density at radius 1 is 1.03 bits per heavy atom. The van der Waals surface area contributed by atoms with Gasteiger partial charge in [0.2, 0.25) is 0 Å². The molecule has 0 saturated heterocycles. The zero-order valence-corrected chi connectivity index (χ0v) is 20.1. The van der Waals surface area contributed by atoms with E-state index in [2.05, 4.69) is 15.3 Å². The Bertz CT molecular complexity index is 1460. The molecule has 0 bridgehead atoms. The lowest BCUT2D eigenvalue weighted by Crippen LogP contribution is -2.39. The largest absolute Gasteiger partial charge is 0.484 e. The molecule has 35 heavy (non-hydrogen) atoms. The fourth-order valence-corrected chi connectivity index (χ4v) is 3.98. The molecule has 4 rings (SSSR count). The number of anilines is 1. The summed E-state index contributed by atoms with van der Waals surface area (Å²) in [5.41, 5.74) is 2.81. The monoisotopic (exact) mass is 475 g/mol. The van der Waals surface area contributed by atoms with E-state index in [0.717, 1.165) is 23.4 Å². The van der Waals surface area contributed by atoms with Crippen molar-refractivity contribution in [1.82, 2.24) is 19.1 Å². The number of nitrogens with one attached hydrogen (secondary N) is 2. The summed E-state index contributed by atoms with van der Waals surface area (Å²) < 4.78 is 8.56. The van der Waals surface area contributed by atoms with Gasteiger partial charge in [-0.15, -0.1) is 0 Å². The number of ether oxygens (including phenoxy) is 1. The highest BCUT2D eigenvalue weighted by Crippen LogP contribution is 2.24. The average Bonchev–Trinajstić information content (AvgIpc) is 3.29. The Morgan fingerprint density at radius 3 is 2.43 bits per heavy atom. The summed E-state index contributed by atoms with van der Waals surface area (Å²) in [7, 11) is 0. The molecule has 4 aromatic rings. The van der Waals surface area contributed by atoms with Gasteiger partial charge in [0.15, 0.2) is 6.61 Å². The SMILES string of the molecule is CCCn1c(=O)c2[nH]c(-c3ccc(OCC(=O)Nc4cccc(C)n4)cc3)cc2n(CCC)c1=O. The van der Waals surface area contributed by atoms with Crippen molar-refractivity contribution >= 4 is 22.8 Å². The van der Waals surface area contributed by atoms with Crippen LogP contribution in [-0.2, 0) is 17.9 Å². The van der Waals surface area contributed by atoms with E-state index < -0.39 is 0 Å². The highest BCUT2D eigenvalue weighted by atomic mass is 16.5. The number of fused-ring (bicyclic) bond motifs is 1. The Balaban J connectivity index is 1.53. The minimum atomic E-state index is -0.306. The Morgan fingerprint density at radius 2 is 1.74 bits per heavy atom. The standard InChI is InChI=1S/C26H29N5O4/c1-4-13-30-21-15-20(28-24(21)25(33)31(14-5-2)26(30)34)18-9-11-19(12-10-18)35-16-23(32)29-22-8-6-7-17(3)27-22/h6-12,15,28H,4-5,13-14,16H2,1-3H3,(H,27,29,32). The molecular formula is C26H29N5O4. The van der Waals surface area contributed by atoms with Gasteiger partial charge >= 0.3 is 5.69 Å². The fraction of sp³-hybridized carbons (Fsp3) is 0.308. The van der Waals surface area contributed by atoms with Crippen LogP contribution in [0, 0.1) is 6.92 Å².